The SMILES string of the molecule is CS(C)=O.O=S(=O)=O.c1ccncc1. The molecule has 0 saturated heterocycles. The van der Waals surface area contributed by atoms with Crippen LogP contribution >= 0.6 is 0 Å². The lowest BCUT2D eigenvalue weighted by Gasteiger charge is -1.70. The summed E-state index contributed by atoms with van der Waals surface area (Å²) in [5.41, 5.74) is 0. The molecule has 0 fully saturated rings. The Labute approximate surface area is 86.7 Å². The molecule has 0 aromatic carbocycles. The minimum absolute atomic E-state index is 0.611. The molecule has 1 rings (SSSR count). The number of aromatic nitrogens is 1. The molecule has 0 atom stereocenters. The molecule has 7 heteroatoms. The summed E-state index contributed by atoms with van der Waals surface area (Å²) in [5.74, 6) is 0. The number of pyridine rings is 1. The maximum atomic E-state index is 9.56. The third-order valence-electron chi connectivity index (χ3n) is 0.566. The Morgan fingerprint density at radius 3 is 1.21 bits per heavy atom. The summed E-state index contributed by atoms with van der Waals surface area (Å²) in [6.07, 6.45) is 6.78. The molecule has 0 saturated carbocycles. The molecule has 0 bridgehead atoms. The highest BCUT2D eigenvalue weighted by Gasteiger charge is 1.58. The van der Waals surface area contributed by atoms with E-state index in [-0.39, 0.29) is 0 Å². The third-order valence-corrected chi connectivity index (χ3v) is 0.566. The Kier molecular flexibility index (Phi) is 13.1. The van der Waals surface area contributed by atoms with Gasteiger partial charge in [0.05, 0.1) is 0 Å². The van der Waals surface area contributed by atoms with Crippen LogP contribution in [0.25, 0.3) is 0 Å². The average Bonchev–Trinajstić information content (AvgIpc) is 2.05. The summed E-state index contributed by atoms with van der Waals surface area (Å²) in [4.78, 5) is 3.78. The molecule has 0 aliphatic carbocycles. The van der Waals surface area contributed by atoms with Gasteiger partial charge >= 0.3 is 10.6 Å². The predicted molar refractivity (Wildman–Crippen MR) is 53.9 cm³/mol. The van der Waals surface area contributed by atoms with Gasteiger partial charge in [-0.3, -0.25) is 9.19 Å². The van der Waals surface area contributed by atoms with Gasteiger partial charge in [0, 0.05) is 35.7 Å². The number of rotatable bonds is 0. The normalized spacial score (nSPS) is 7.64. The van der Waals surface area contributed by atoms with Crippen LogP contribution in [0.5, 0.6) is 0 Å². The van der Waals surface area contributed by atoms with Crippen LogP contribution in [0.1, 0.15) is 0 Å². The zero-order chi connectivity index (χ0) is 11.4. The summed E-state index contributed by atoms with van der Waals surface area (Å²) in [7, 11) is -3.72. The Hall–Kier alpha value is -1.08. The second-order valence-corrected chi connectivity index (χ2v) is 3.86. The zero-order valence-electron chi connectivity index (χ0n) is 7.78. The van der Waals surface area contributed by atoms with Gasteiger partial charge in [-0.15, -0.1) is 12.6 Å². The largest absolute Gasteiger partial charge is 0.425 e. The highest BCUT2D eigenvalue weighted by molar-refractivity contribution is 7.83. The molecule has 0 aliphatic rings. The van der Waals surface area contributed by atoms with Crippen molar-refractivity contribution in [2.24, 2.45) is 0 Å². The molecule has 1 heterocycles. The molecule has 0 spiro atoms. The molecule has 80 valence electrons. The van der Waals surface area contributed by atoms with E-state index in [1.807, 2.05) is 18.2 Å². The van der Waals surface area contributed by atoms with E-state index in [0.717, 1.165) is 0 Å². The standard InChI is InChI=1S/C5H5N.C2H6OS.O3S/c1-2-4-6-5-3-1;2*1-4(2)3/h1-5H;1-2H3;. The van der Waals surface area contributed by atoms with Crippen molar-refractivity contribution < 1.29 is 16.8 Å². The van der Waals surface area contributed by atoms with Crippen LogP contribution in [-0.4, -0.2) is 34.3 Å². The molecule has 5 nitrogen and oxygen atoms in total. The van der Waals surface area contributed by atoms with E-state index in [0.29, 0.717) is 0 Å². The first-order chi connectivity index (χ1) is 6.46. The van der Waals surface area contributed by atoms with E-state index < -0.39 is 21.4 Å². The van der Waals surface area contributed by atoms with Gasteiger partial charge in [-0.1, -0.05) is 6.07 Å². The van der Waals surface area contributed by atoms with Gasteiger partial charge in [0.25, 0.3) is 0 Å². The molecule has 1 aromatic heterocycles. The van der Waals surface area contributed by atoms with Gasteiger partial charge in [-0.25, -0.2) is 0 Å². The first kappa shape index (κ1) is 15.4. The maximum Gasteiger partial charge on any atom is 0.425 e. The lowest BCUT2D eigenvalue weighted by Crippen LogP contribution is -1.70. The second kappa shape index (κ2) is 11.9. The average molecular weight is 237 g/mol. The molecule has 0 aliphatic heterocycles. The van der Waals surface area contributed by atoms with Crippen molar-refractivity contribution in [3.8, 4) is 0 Å². The summed E-state index contributed by atoms with van der Waals surface area (Å²) in [5, 5.41) is 0. The summed E-state index contributed by atoms with van der Waals surface area (Å²) >= 11 is 0. The highest BCUT2D eigenvalue weighted by atomic mass is 32.2. The van der Waals surface area contributed by atoms with Crippen LogP contribution in [-0.2, 0) is 21.4 Å². The van der Waals surface area contributed by atoms with Gasteiger partial charge in [-0.05, 0) is 12.1 Å². The monoisotopic (exact) mass is 237 g/mol. The Balaban J connectivity index is 0. The van der Waals surface area contributed by atoms with E-state index in [1.54, 1.807) is 24.9 Å². The van der Waals surface area contributed by atoms with Crippen molar-refractivity contribution in [2.75, 3.05) is 12.5 Å². The summed E-state index contributed by atoms with van der Waals surface area (Å²) in [6, 6.07) is 5.72. The first-order valence-corrected chi connectivity index (χ1v) is 6.30. The highest BCUT2D eigenvalue weighted by Crippen LogP contribution is 1.73. The molecule has 14 heavy (non-hydrogen) atoms. The Morgan fingerprint density at radius 1 is 0.857 bits per heavy atom. The smallest absolute Gasteiger partial charge is 0.265 e. The van der Waals surface area contributed by atoms with E-state index in [1.165, 1.54) is 0 Å². The quantitative estimate of drug-likeness (QED) is 0.638. The molecular formula is C7H11NO4S2. The molecule has 0 N–H and O–H groups in total. The summed E-state index contributed by atoms with van der Waals surface area (Å²) < 4.78 is 34.9. The lowest BCUT2D eigenvalue weighted by atomic mass is 10.5. The zero-order valence-corrected chi connectivity index (χ0v) is 9.42. The topological polar surface area (TPSA) is 81.2 Å². The van der Waals surface area contributed by atoms with E-state index in [4.69, 9.17) is 12.6 Å². The fraction of sp³-hybridized carbons (Fsp3) is 0.286. The second-order valence-electron chi connectivity index (χ2n) is 1.97. The van der Waals surface area contributed by atoms with Crippen molar-refractivity contribution in [3.05, 3.63) is 30.6 Å². The Bertz CT molecular complexity index is 297. The minimum Gasteiger partial charge on any atom is -0.265 e. The molecular weight excluding hydrogens is 226 g/mol. The summed E-state index contributed by atoms with van der Waals surface area (Å²) in [6.45, 7) is 0. The number of hydrogen-bond acceptors (Lipinski definition) is 5. The van der Waals surface area contributed by atoms with Crippen LogP contribution < -0.4 is 0 Å². The van der Waals surface area contributed by atoms with Gasteiger partial charge in [0.15, 0.2) is 0 Å². The molecule has 0 amide bonds. The molecule has 0 radical (unpaired) electrons. The van der Waals surface area contributed by atoms with Gasteiger partial charge in [0.2, 0.25) is 0 Å². The van der Waals surface area contributed by atoms with Crippen LogP contribution in [0, 0.1) is 0 Å². The number of nitrogens with zero attached hydrogens (tertiary/aromatic N) is 1. The van der Waals surface area contributed by atoms with E-state index >= 15 is 0 Å². The van der Waals surface area contributed by atoms with Crippen LogP contribution in [0.4, 0.5) is 0 Å². The van der Waals surface area contributed by atoms with Gasteiger partial charge < -0.3 is 0 Å². The van der Waals surface area contributed by atoms with Crippen molar-refractivity contribution >= 4 is 21.4 Å². The van der Waals surface area contributed by atoms with Crippen molar-refractivity contribution in [3.63, 3.8) is 0 Å². The van der Waals surface area contributed by atoms with Crippen molar-refractivity contribution in [1.82, 2.24) is 4.98 Å². The maximum absolute atomic E-state index is 9.56. The lowest BCUT2D eigenvalue weighted by molar-refractivity contribution is 0.559. The molecule has 0 unspecified atom stereocenters. The predicted octanol–water partition coefficient (Wildman–Crippen LogP) is 0.0722. The fourth-order valence-corrected chi connectivity index (χ4v) is 0.313. The van der Waals surface area contributed by atoms with E-state index in [2.05, 4.69) is 4.98 Å². The molecule has 1 aromatic rings. The third kappa shape index (κ3) is 44.4. The number of hydrogen-bond donors (Lipinski definition) is 0. The van der Waals surface area contributed by atoms with Crippen molar-refractivity contribution in [2.45, 2.75) is 0 Å². The van der Waals surface area contributed by atoms with Gasteiger partial charge in [0.1, 0.15) is 0 Å². The minimum atomic E-state index is -3.11. The van der Waals surface area contributed by atoms with Crippen LogP contribution in [0.15, 0.2) is 30.6 Å². The fourth-order valence-electron chi connectivity index (χ4n) is 0.313. The van der Waals surface area contributed by atoms with Crippen LogP contribution in [0.2, 0.25) is 0 Å². The van der Waals surface area contributed by atoms with Crippen LogP contribution in [0.3, 0.4) is 0 Å². The van der Waals surface area contributed by atoms with Crippen molar-refractivity contribution in [1.29, 1.82) is 0 Å². The van der Waals surface area contributed by atoms with E-state index in [9.17, 15) is 4.21 Å². The Morgan fingerprint density at radius 2 is 1.14 bits per heavy atom. The van der Waals surface area contributed by atoms with Gasteiger partial charge in [-0.2, -0.15) is 0 Å². The first-order valence-electron chi connectivity index (χ1n) is 3.33.